The zero-order valence-corrected chi connectivity index (χ0v) is 25.0. The van der Waals surface area contributed by atoms with Gasteiger partial charge >= 0.3 is 6.18 Å². The molecular formula is C32H43F4NO4S. The summed E-state index contributed by atoms with van der Waals surface area (Å²) in [5.41, 5.74) is 5.75. The molecule has 1 aliphatic rings. The van der Waals surface area contributed by atoms with Crippen LogP contribution in [-0.4, -0.2) is 67.5 Å². The minimum Gasteiger partial charge on any atom is -0.508 e. The van der Waals surface area contributed by atoms with Crippen molar-refractivity contribution in [3.63, 3.8) is 0 Å². The van der Waals surface area contributed by atoms with E-state index in [1.54, 1.807) is 6.07 Å². The molecule has 0 spiro atoms. The van der Waals surface area contributed by atoms with Crippen LogP contribution in [0.3, 0.4) is 0 Å². The summed E-state index contributed by atoms with van der Waals surface area (Å²) >= 11 is 0. The normalized spacial score (nSPS) is 14.3. The Hall–Kier alpha value is -2.43. The van der Waals surface area contributed by atoms with E-state index in [2.05, 4.69) is 4.90 Å². The number of fused-ring (bicyclic) bond motifs is 1. The van der Waals surface area contributed by atoms with Crippen molar-refractivity contribution in [2.24, 2.45) is 0 Å². The van der Waals surface area contributed by atoms with Crippen LogP contribution >= 0.6 is 0 Å². The van der Waals surface area contributed by atoms with Gasteiger partial charge in [-0.15, -0.1) is 0 Å². The van der Waals surface area contributed by atoms with Gasteiger partial charge in [-0.25, -0.2) is 12.8 Å². The first-order valence-electron chi connectivity index (χ1n) is 14.9. The second-order valence-electron chi connectivity index (χ2n) is 11.1. The van der Waals surface area contributed by atoms with Crippen LogP contribution in [-0.2, 0) is 16.3 Å². The molecule has 5 nitrogen and oxygen atoms in total. The van der Waals surface area contributed by atoms with Gasteiger partial charge in [0.05, 0.1) is 17.9 Å². The summed E-state index contributed by atoms with van der Waals surface area (Å²) in [4.78, 5) is 2.08. The molecule has 3 rings (SSSR count). The van der Waals surface area contributed by atoms with Crippen molar-refractivity contribution in [3.05, 3.63) is 65.0 Å². The molecule has 0 fully saturated rings. The van der Waals surface area contributed by atoms with E-state index >= 15 is 0 Å². The number of unbranched alkanes of at least 4 members (excludes halogenated alkanes) is 3. The second-order valence-corrected chi connectivity index (χ2v) is 13.4. The summed E-state index contributed by atoms with van der Waals surface area (Å²) < 4.78 is 74.8. The molecule has 0 bridgehead atoms. The molecule has 2 aromatic carbocycles. The summed E-state index contributed by atoms with van der Waals surface area (Å²) in [6, 6.07) is 12.2. The number of alkyl halides is 3. The first-order chi connectivity index (χ1) is 20.0. The summed E-state index contributed by atoms with van der Waals surface area (Å²) in [6.45, 7) is 1.82. The zero-order chi connectivity index (χ0) is 30.6. The molecule has 0 atom stereocenters. The molecule has 0 saturated heterocycles. The molecule has 234 valence electrons. The quantitative estimate of drug-likeness (QED) is 0.146. The molecule has 0 amide bonds. The summed E-state index contributed by atoms with van der Waals surface area (Å²) in [5, 5.41) is 19.3. The average Bonchev–Trinajstić information content (AvgIpc) is 3.11. The topological polar surface area (TPSA) is 77.8 Å². The molecule has 42 heavy (non-hydrogen) atoms. The first kappa shape index (κ1) is 34.1. The number of rotatable bonds is 17. The van der Waals surface area contributed by atoms with Crippen molar-refractivity contribution in [1.29, 1.82) is 0 Å². The van der Waals surface area contributed by atoms with E-state index in [9.17, 15) is 36.2 Å². The third-order valence-corrected chi connectivity index (χ3v) is 9.49. The van der Waals surface area contributed by atoms with Crippen LogP contribution in [0.15, 0.2) is 42.5 Å². The molecule has 0 heterocycles. The molecule has 0 unspecified atom stereocenters. The predicted molar refractivity (Wildman–Crippen MR) is 159 cm³/mol. The maximum absolute atomic E-state index is 13.6. The van der Waals surface area contributed by atoms with Gasteiger partial charge in [0.25, 0.3) is 0 Å². The van der Waals surface area contributed by atoms with E-state index in [0.29, 0.717) is 19.5 Å². The lowest BCUT2D eigenvalue weighted by Crippen LogP contribution is -2.29. The minimum atomic E-state index is -4.48. The number of aliphatic hydroxyl groups is 1. The van der Waals surface area contributed by atoms with Gasteiger partial charge in [0.15, 0.2) is 9.84 Å². The van der Waals surface area contributed by atoms with Crippen LogP contribution in [0.25, 0.3) is 11.1 Å². The van der Waals surface area contributed by atoms with Gasteiger partial charge in [-0.05, 0) is 117 Å². The van der Waals surface area contributed by atoms with Crippen LogP contribution in [0.4, 0.5) is 17.6 Å². The molecule has 1 aliphatic carbocycles. The number of allylic oxidation sites excluding steroid dienone is 2. The van der Waals surface area contributed by atoms with Gasteiger partial charge < -0.3 is 15.1 Å². The van der Waals surface area contributed by atoms with Crippen molar-refractivity contribution in [3.8, 4) is 5.75 Å². The summed E-state index contributed by atoms with van der Waals surface area (Å²) in [5.74, 6) is -1.17. The molecule has 2 aromatic rings. The van der Waals surface area contributed by atoms with E-state index in [-0.39, 0.29) is 30.3 Å². The monoisotopic (exact) mass is 613 g/mol. The molecule has 0 aliphatic heterocycles. The lowest BCUT2D eigenvalue weighted by Gasteiger charge is -2.22. The van der Waals surface area contributed by atoms with E-state index in [1.807, 2.05) is 24.3 Å². The molecule has 2 N–H and O–H groups in total. The number of nitrogens with zero attached hydrogens (tertiary/aromatic N) is 1. The Labute approximate surface area is 247 Å². The molecule has 0 aromatic heterocycles. The third kappa shape index (κ3) is 11.7. The number of benzene rings is 2. The Kier molecular flexibility index (Phi) is 13.3. The van der Waals surface area contributed by atoms with Crippen molar-refractivity contribution in [1.82, 2.24) is 4.90 Å². The number of phenolic OH excluding ortho intramolecular Hbond substituents is 1. The number of hydrogen-bond acceptors (Lipinski definition) is 5. The van der Waals surface area contributed by atoms with Gasteiger partial charge in [-0.1, -0.05) is 31.0 Å². The number of phenols is 1. The Morgan fingerprint density at radius 1 is 0.833 bits per heavy atom. The number of aryl methyl sites for hydroxylation is 1. The maximum atomic E-state index is 13.6. The Balaban J connectivity index is 1.54. The SMILES string of the molecule is O=S(=O)(CCCN(CCCO)CCCCCCC1=C(c2ccc(F)cc2)CCCc2cc(O)ccc21)CCC(F)(F)F. The smallest absolute Gasteiger partial charge is 0.390 e. The number of aromatic hydroxyl groups is 1. The fourth-order valence-electron chi connectivity index (χ4n) is 5.61. The van der Waals surface area contributed by atoms with Gasteiger partial charge in [-0.3, -0.25) is 0 Å². The molecule has 0 saturated carbocycles. The number of halogens is 4. The van der Waals surface area contributed by atoms with Crippen molar-refractivity contribution >= 4 is 21.0 Å². The molecule has 10 heteroatoms. The Morgan fingerprint density at radius 3 is 2.24 bits per heavy atom. The largest absolute Gasteiger partial charge is 0.508 e. The zero-order valence-electron chi connectivity index (χ0n) is 24.1. The minimum absolute atomic E-state index is 0.0190. The van der Waals surface area contributed by atoms with Gasteiger partial charge in [0, 0.05) is 13.2 Å². The predicted octanol–water partition coefficient (Wildman–Crippen LogP) is 7.17. The summed E-state index contributed by atoms with van der Waals surface area (Å²) in [6.07, 6.45) is 2.34. The van der Waals surface area contributed by atoms with Crippen LogP contribution in [0.2, 0.25) is 0 Å². The second kappa shape index (κ2) is 16.4. The highest BCUT2D eigenvalue weighted by molar-refractivity contribution is 7.91. The number of sulfone groups is 1. The van der Waals surface area contributed by atoms with Crippen LogP contribution in [0.1, 0.15) is 80.9 Å². The molecule has 0 radical (unpaired) electrons. The van der Waals surface area contributed by atoms with E-state index < -0.39 is 28.2 Å². The van der Waals surface area contributed by atoms with E-state index in [1.165, 1.54) is 23.3 Å². The Morgan fingerprint density at radius 2 is 1.52 bits per heavy atom. The van der Waals surface area contributed by atoms with Crippen LogP contribution in [0, 0.1) is 5.82 Å². The Bertz CT molecular complexity index is 1260. The number of aliphatic hydroxyl groups excluding tert-OH is 1. The van der Waals surface area contributed by atoms with E-state index in [4.69, 9.17) is 0 Å². The van der Waals surface area contributed by atoms with Gasteiger partial charge in [0.2, 0.25) is 0 Å². The lowest BCUT2D eigenvalue weighted by molar-refractivity contribution is -0.129. The standard InChI is InChI=1S/C32H43F4NO4S/c33-27-13-11-25(12-14-27)29-10-5-8-26-24-28(39)15-16-30(26)31(29)9-3-1-2-4-18-37(19-6-21-38)20-7-22-42(40,41)23-17-32(34,35)36/h11-16,24,38-39H,1-10,17-23H2. The van der Waals surface area contributed by atoms with Gasteiger partial charge in [0.1, 0.15) is 11.6 Å². The number of hydrogen-bond donors (Lipinski definition) is 2. The average molecular weight is 614 g/mol. The fraction of sp³-hybridized carbons (Fsp3) is 0.562. The lowest BCUT2D eigenvalue weighted by atomic mass is 9.89. The maximum Gasteiger partial charge on any atom is 0.390 e. The van der Waals surface area contributed by atoms with Crippen molar-refractivity contribution < 1.29 is 36.2 Å². The van der Waals surface area contributed by atoms with Crippen LogP contribution < -0.4 is 0 Å². The van der Waals surface area contributed by atoms with Crippen molar-refractivity contribution in [2.45, 2.75) is 76.8 Å². The summed E-state index contributed by atoms with van der Waals surface area (Å²) in [7, 11) is -3.76. The third-order valence-electron chi connectivity index (χ3n) is 7.75. The fourth-order valence-corrected chi connectivity index (χ4v) is 6.92. The highest BCUT2D eigenvalue weighted by Gasteiger charge is 2.29. The highest BCUT2D eigenvalue weighted by atomic mass is 32.2. The van der Waals surface area contributed by atoms with Crippen molar-refractivity contribution in [2.75, 3.05) is 37.7 Å². The molecular weight excluding hydrogens is 570 g/mol. The van der Waals surface area contributed by atoms with E-state index in [0.717, 1.165) is 74.6 Å². The first-order valence-corrected chi connectivity index (χ1v) is 16.7. The highest BCUT2D eigenvalue weighted by Crippen LogP contribution is 2.39. The van der Waals surface area contributed by atoms with Gasteiger partial charge in [-0.2, -0.15) is 13.2 Å². The van der Waals surface area contributed by atoms with Crippen LogP contribution in [0.5, 0.6) is 5.75 Å².